The number of allylic oxidation sites excluding steroid dienone is 1. The van der Waals surface area contributed by atoms with Crippen LogP contribution in [0.5, 0.6) is 0 Å². The summed E-state index contributed by atoms with van der Waals surface area (Å²) in [5.74, 6) is -0.162. The Kier molecular flexibility index (Phi) is 2.10. The van der Waals surface area contributed by atoms with Crippen LogP contribution in [-0.2, 0) is 9.53 Å². The van der Waals surface area contributed by atoms with Gasteiger partial charge >= 0.3 is 5.97 Å². The van der Waals surface area contributed by atoms with Crippen molar-refractivity contribution in [2.75, 3.05) is 0 Å². The summed E-state index contributed by atoms with van der Waals surface area (Å²) < 4.78 is 5.01. The van der Waals surface area contributed by atoms with Crippen molar-refractivity contribution in [1.29, 1.82) is 0 Å². The van der Waals surface area contributed by atoms with Crippen LogP contribution in [0.25, 0.3) is 0 Å². The van der Waals surface area contributed by atoms with E-state index in [9.17, 15) is 4.79 Å². The van der Waals surface area contributed by atoms with Crippen LogP contribution in [-0.4, -0.2) is 12.1 Å². The third kappa shape index (κ3) is 1.87. The third-order valence-corrected chi connectivity index (χ3v) is 1.55. The normalized spacial score (nSPS) is 18.8. The van der Waals surface area contributed by atoms with E-state index < -0.39 is 0 Å². The molecule has 0 bridgehead atoms. The minimum atomic E-state index is -0.162. The minimum Gasteiger partial charge on any atom is -0.459 e. The molecule has 0 heterocycles. The predicted molar refractivity (Wildman–Crippen MR) is 38.5 cm³/mol. The van der Waals surface area contributed by atoms with E-state index in [0.29, 0.717) is 5.57 Å². The van der Waals surface area contributed by atoms with Gasteiger partial charge in [-0.2, -0.15) is 0 Å². The van der Waals surface area contributed by atoms with Crippen molar-refractivity contribution < 1.29 is 9.53 Å². The Bertz CT molecular complexity index is 166. The summed E-state index contributed by atoms with van der Waals surface area (Å²) in [5.41, 5.74) is 0.701. The molecule has 0 atom stereocenters. The zero-order valence-electron chi connectivity index (χ0n) is 6.39. The topological polar surface area (TPSA) is 26.3 Å². The molecule has 1 fully saturated rings. The van der Waals surface area contributed by atoms with E-state index in [1.54, 1.807) is 13.0 Å². The molecule has 2 nitrogen and oxygen atoms in total. The molecule has 10 heavy (non-hydrogen) atoms. The first-order valence-electron chi connectivity index (χ1n) is 3.58. The maximum absolute atomic E-state index is 10.9. The first-order valence-corrected chi connectivity index (χ1v) is 3.58. The molecule has 56 valence electrons. The summed E-state index contributed by atoms with van der Waals surface area (Å²) in [6.07, 6.45) is 4.08. The second-order valence-corrected chi connectivity index (χ2v) is 2.58. The molecule has 0 unspecified atom stereocenters. The predicted octanol–water partition coefficient (Wildman–Crippen LogP) is 1.66. The molecule has 1 aliphatic carbocycles. The average molecular weight is 140 g/mol. The fraction of sp³-hybridized carbons (Fsp3) is 0.625. The Labute approximate surface area is 60.9 Å². The number of carbonyl (C=O) groups is 1. The zero-order chi connectivity index (χ0) is 7.56. The SMILES string of the molecule is CC=C(C)C(=O)OC1CC1. The summed E-state index contributed by atoms with van der Waals surface area (Å²) in [4.78, 5) is 10.9. The monoisotopic (exact) mass is 140 g/mol. The lowest BCUT2D eigenvalue weighted by Gasteiger charge is -2.00. The highest BCUT2D eigenvalue weighted by molar-refractivity contribution is 5.87. The highest BCUT2D eigenvalue weighted by atomic mass is 16.5. The molecule has 0 aliphatic heterocycles. The van der Waals surface area contributed by atoms with Crippen LogP contribution in [0, 0.1) is 0 Å². The van der Waals surface area contributed by atoms with Crippen molar-refractivity contribution >= 4 is 5.97 Å². The van der Waals surface area contributed by atoms with Gasteiger partial charge in [-0.1, -0.05) is 6.08 Å². The van der Waals surface area contributed by atoms with Gasteiger partial charge in [-0.15, -0.1) is 0 Å². The fourth-order valence-electron chi connectivity index (χ4n) is 0.548. The lowest BCUT2D eigenvalue weighted by atomic mass is 10.3. The molecule has 0 N–H and O–H groups in total. The van der Waals surface area contributed by atoms with Gasteiger partial charge < -0.3 is 4.74 Å². The van der Waals surface area contributed by atoms with Crippen LogP contribution in [0.15, 0.2) is 11.6 Å². The van der Waals surface area contributed by atoms with E-state index in [2.05, 4.69) is 0 Å². The van der Waals surface area contributed by atoms with Crippen molar-refractivity contribution in [2.45, 2.75) is 32.8 Å². The minimum absolute atomic E-state index is 0.162. The number of hydrogen-bond acceptors (Lipinski definition) is 2. The Hall–Kier alpha value is -0.790. The molecule has 1 aliphatic rings. The average Bonchev–Trinajstić information content (AvgIpc) is 2.70. The Balaban J connectivity index is 2.32. The molecule has 0 amide bonds. The standard InChI is InChI=1S/C8H12O2/c1-3-6(2)8(9)10-7-4-5-7/h3,7H,4-5H2,1-2H3. The summed E-state index contributed by atoms with van der Waals surface area (Å²) in [6, 6.07) is 0. The fourth-order valence-corrected chi connectivity index (χ4v) is 0.548. The quantitative estimate of drug-likeness (QED) is 0.430. The Morgan fingerprint density at radius 2 is 2.20 bits per heavy atom. The van der Waals surface area contributed by atoms with Crippen LogP contribution in [0.4, 0.5) is 0 Å². The van der Waals surface area contributed by atoms with Gasteiger partial charge in [-0.05, 0) is 26.7 Å². The van der Waals surface area contributed by atoms with Gasteiger partial charge in [-0.3, -0.25) is 0 Å². The maximum atomic E-state index is 10.9. The molecule has 0 aromatic rings. The highest BCUT2D eigenvalue weighted by Gasteiger charge is 2.25. The Morgan fingerprint density at radius 3 is 2.60 bits per heavy atom. The van der Waals surface area contributed by atoms with Gasteiger partial charge in [0.2, 0.25) is 0 Å². The van der Waals surface area contributed by atoms with E-state index in [1.165, 1.54) is 0 Å². The van der Waals surface area contributed by atoms with Gasteiger partial charge in [0.05, 0.1) is 0 Å². The number of carbonyl (C=O) groups excluding carboxylic acids is 1. The molecule has 1 rings (SSSR count). The molecule has 0 aromatic carbocycles. The third-order valence-electron chi connectivity index (χ3n) is 1.55. The first kappa shape index (κ1) is 7.32. The maximum Gasteiger partial charge on any atom is 0.333 e. The molecule has 2 heteroatoms. The molecule has 1 saturated carbocycles. The van der Waals surface area contributed by atoms with Crippen molar-refractivity contribution in [3.05, 3.63) is 11.6 Å². The van der Waals surface area contributed by atoms with Crippen LogP contribution in [0.3, 0.4) is 0 Å². The molecule has 0 saturated heterocycles. The van der Waals surface area contributed by atoms with Crippen LogP contribution < -0.4 is 0 Å². The molecule has 0 spiro atoms. The summed E-state index contributed by atoms with van der Waals surface area (Å²) in [7, 11) is 0. The summed E-state index contributed by atoms with van der Waals surface area (Å²) in [5, 5.41) is 0. The zero-order valence-corrected chi connectivity index (χ0v) is 6.39. The first-order chi connectivity index (χ1) is 4.74. The lowest BCUT2D eigenvalue weighted by Crippen LogP contribution is -2.06. The van der Waals surface area contributed by atoms with Crippen molar-refractivity contribution in [3.8, 4) is 0 Å². The van der Waals surface area contributed by atoms with Gasteiger partial charge in [0.1, 0.15) is 6.10 Å². The van der Waals surface area contributed by atoms with E-state index >= 15 is 0 Å². The Morgan fingerprint density at radius 1 is 1.60 bits per heavy atom. The van der Waals surface area contributed by atoms with Gasteiger partial charge in [0.25, 0.3) is 0 Å². The van der Waals surface area contributed by atoms with E-state index in [4.69, 9.17) is 4.74 Å². The number of hydrogen-bond donors (Lipinski definition) is 0. The number of ether oxygens (including phenoxy) is 1. The van der Waals surface area contributed by atoms with Crippen molar-refractivity contribution in [3.63, 3.8) is 0 Å². The van der Waals surface area contributed by atoms with Crippen LogP contribution >= 0.6 is 0 Å². The van der Waals surface area contributed by atoms with Gasteiger partial charge in [0.15, 0.2) is 0 Å². The smallest absolute Gasteiger partial charge is 0.333 e. The second-order valence-electron chi connectivity index (χ2n) is 2.58. The van der Waals surface area contributed by atoms with Crippen molar-refractivity contribution in [2.24, 2.45) is 0 Å². The van der Waals surface area contributed by atoms with Crippen molar-refractivity contribution in [1.82, 2.24) is 0 Å². The van der Waals surface area contributed by atoms with Gasteiger partial charge in [-0.25, -0.2) is 4.79 Å². The second kappa shape index (κ2) is 2.86. The molecule has 0 radical (unpaired) electrons. The summed E-state index contributed by atoms with van der Waals surface area (Å²) in [6.45, 7) is 3.61. The van der Waals surface area contributed by atoms with E-state index in [0.717, 1.165) is 12.8 Å². The summed E-state index contributed by atoms with van der Waals surface area (Å²) >= 11 is 0. The molecule has 0 aromatic heterocycles. The van der Waals surface area contributed by atoms with Crippen LogP contribution in [0.1, 0.15) is 26.7 Å². The number of rotatable bonds is 2. The highest BCUT2D eigenvalue weighted by Crippen LogP contribution is 2.24. The number of esters is 1. The van der Waals surface area contributed by atoms with E-state index in [1.807, 2.05) is 6.92 Å². The van der Waals surface area contributed by atoms with Crippen LogP contribution in [0.2, 0.25) is 0 Å². The molecular weight excluding hydrogens is 128 g/mol. The van der Waals surface area contributed by atoms with E-state index in [-0.39, 0.29) is 12.1 Å². The lowest BCUT2D eigenvalue weighted by molar-refractivity contribution is -0.140. The molecular formula is C8H12O2. The van der Waals surface area contributed by atoms with Gasteiger partial charge in [0, 0.05) is 5.57 Å². The largest absolute Gasteiger partial charge is 0.459 e.